The van der Waals surface area contributed by atoms with E-state index in [1.54, 1.807) is 16.7 Å². The van der Waals surface area contributed by atoms with Crippen molar-refractivity contribution in [1.29, 1.82) is 0 Å². The largest absolute Gasteiger partial charge is 0.305 e. The molecule has 0 aliphatic rings. The number of carbonyl (C=O) groups excluding carboxylic acids is 1. The molecule has 20 heavy (non-hydrogen) atoms. The van der Waals surface area contributed by atoms with Crippen LogP contribution in [0.25, 0.3) is 5.65 Å². The number of nitrogens with zero attached hydrogens (tertiary/aromatic N) is 3. The first-order valence-electron chi connectivity index (χ1n) is 6.33. The Labute approximate surface area is 116 Å². The van der Waals surface area contributed by atoms with Crippen LogP contribution in [-0.4, -0.2) is 20.3 Å². The molecule has 0 bridgehead atoms. The maximum Gasteiger partial charge on any atom is 0.275 e. The highest BCUT2D eigenvalue weighted by Gasteiger charge is 2.16. The Hall–Kier alpha value is -2.69. The molecule has 0 radical (unpaired) electrons. The Balaban J connectivity index is 1.96. The number of hydrogen-bond donors (Lipinski definition) is 1. The van der Waals surface area contributed by atoms with Crippen LogP contribution in [-0.2, 0) is 0 Å². The van der Waals surface area contributed by atoms with E-state index in [1.807, 2.05) is 44.3 Å². The quantitative estimate of drug-likeness (QED) is 0.775. The minimum atomic E-state index is -0.211. The van der Waals surface area contributed by atoms with Crippen LogP contribution in [0.3, 0.4) is 0 Å². The van der Waals surface area contributed by atoms with Gasteiger partial charge in [0.2, 0.25) is 0 Å². The normalized spacial score (nSPS) is 10.7. The van der Waals surface area contributed by atoms with Crippen molar-refractivity contribution < 1.29 is 4.79 Å². The van der Waals surface area contributed by atoms with Crippen molar-refractivity contribution in [2.45, 2.75) is 13.8 Å². The fourth-order valence-electron chi connectivity index (χ4n) is 2.10. The van der Waals surface area contributed by atoms with E-state index in [4.69, 9.17) is 0 Å². The van der Waals surface area contributed by atoms with Crippen LogP contribution in [0.15, 0.2) is 42.7 Å². The summed E-state index contributed by atoms with van der Waals surface area (Å²) in [5.74, 6) is 0.323. The SMILES string of the molecule is Cc1ccc(NC(=O)c2c(C)nc3ccccn23)nc1. The topological polar surface area (TPSA) is 59.3 Å². The van der Waals surface area contributed by atoms with E-state index in [0.717, 1.165) is 11.2 Å². The van der Waals surface area contributed by atoms with E-state index in [9.17, 15) is 4.79 Å². The number of aryl methyl sites for hydroxylation is 2. The van der Waals surface area contributed by atoms with E-state index in [0.29, 0.717) is 17.2 Å². The summed E-state index contributed by atoms with van der Waals surface area (Å²) in [5, 5.41) is 2.79. The molecule has 0 aliphatic carbocycles. The molecular formula is C15H14N4O. The minimum Gasteiger partial charge on any atom is -0.305 e. The molecule has 3 aromatic heterocycles. The predicted molar refractivity (Wildman–Crippen MR) is 76.9 cm³/mol. The third-order valence-electron chi connectivity index (χ3n) is 3.07. The van der Waals surface area contributed by atoms with Gasteiger partial charge in [-0.1, -0.05) is 12.1 Å². The lowest BCUT2D eigenvalue weighted by Crippen LogP contribution is -2.16. The predicted octanol–water partition coefficient (Wildman–Crippen LogP) is 2.60. The fraction of sp³-hybridized carbons (Fsp3) is 0.133. The third kappa shape index (κ3) is 2.14. The standard InChI is InChI=1S/C15H14N4O/c1-10-6-7-12(16-9-10)18-15(20)14-11(2)17-13-5-3-4-8-19(13)14/h3-9H,1-2H3,(H,16,18,20). The van der Waals surface area contributed by atoms with Crippen molar-refractivity contribution >= 4 is 17.4 Å². The number of anilines is 1. The first-order chi connectivity index (χ1) is 9.65. The van der Waals surface area contributed by atoms with E-state index < -0.39 is 0 Å². The Morgan fingerprint density at radius 2 is 2.05 bits per heavy atom. The molecule has 3 rings (SSSR count). The van der Waals surface area contributed by atoms with Gasteiger partial charge >= 0.3 is 0 Å². The molecule has 1 amide bonds. The summed E-state index contributed by atoms with van der Waals surface area (Å²) >= 11 is 0. The molecule has 0 saturated carbocycles. The molecule has 0 unspecified atom stereocenters. The lowest BCUT2D eigenvalue weighted by atomic mass is 10.3. The highest BCUT2D eigenvalue weighted by atomic mass is 16.2. The monoisotopic (exact) mass is 266 g/mol. The lowest BCUT2D eigenvalue weighted by Gasteiger charge is -2.05. The van der Waals surface area contributed by atoms with Crippen LogP contribution in [0.2, 0.25) is 0 Å². The Morgan fingerprint density at radius 1 is 1.20 bits per heavy atom. The van der Waals surface area contributed by atoms with Crippen LogP contribution in [0, 0.1) is 13.8 Å². The molecule has 0 aromatic carbocycles. The zero-order valence-corrected chi connectivity index (χ0v) is 11.3. The molecule has 0 fully saturated rings. The van der Waals surface area contributed by atoms with Crippen molar-refractivity contribution in [3.8, 4) is 0 Å². The van der Waals surface area contributed by atoms with Gasteiger partial charge in [0, 0.05) is 12.4 Å². The van der Waals surface area contributed by atoms with Gasteiger partial charge in [-0.25, -0.2) is 9.97 Å². The number of nitrogens with one attached hydrogen (secondary N) is 1. The van der Waals surface area contributed by atoms with Crippen molar-refractivity contribution in [2.24, 2.45) is 0 Å². The van der Waals surface area contributed by atoms with Gasteiger partial charge in [-0.3, -0.25) is 9.20 Å². The average Bonchev–Trinajstić information content (AvgIpc) is 2.77. The Morgan fingerprint density at radius 3 is 2.80 bits per heavy atom. The van der Waals surface area contributed by atoms with E-state index in [2.05, 4.69) is 15.3 Å². The maximum atomic E-state index is 12.4. The zero-order valence-electron chi connectivity index (χ0n) is 11.3. The number of amides is 1. The van der Waals surface area contributed by atoms with Gasteiger partial charge in [-0.2, -0.15) is 0 Å². The fourth-order valence-corrected chi connectivity index (χ4v) is 2.10. The number of imidazole rings is 1. The highest BCUT2D eigenvalue weighted by molar-refractivity contribution is 6.03. The second kappa shape index (κ2) is 4.77. The minimum absolute atomic E-state index is 0.211. The third-order valence-corrected chi connectivity index (χ3v) is 3.07. The summed E-state index contributed by atoms with van der Waals surface area (Å²) in [7, 11) is 0. The highest BCUT2D eigenvalue weighted by Crippen LogP contribution is 2.14. The number of hydrogen-bond acceptors (Lipinski definition) is 3. The Bertz CT molecular complexity index is 774. The van der Waals surface area contributed by atoms with Crippen molar-refractivity contribution in [3.63, 3.8) is 0 Å². The first kappa shape index (κ1) is 12.3. The number of carbonyl (C=O) groups is 1. The number of pyridine rings is 2. The van der Waals surface area contributed by atoms with E-state index >= 15 is 0 Å². The van der Waals surface area contributed by atoms with Gasteiger partial charge in [0.15, 0.2) is 0 Å². The van der Waals surface area contributed by atoms with Crippen LogP contribution < -0.4 is 5.32 Å². The summed E-state index contributed by atoms with van der Waals surface area (Å²) in [5.41, 5.74) is 3.03. The summed E-state index contributed by atoms with van der Waals surface area (Å²) in [6, 6.07) is 9.32. The molecule has 0 aliphatic heterocycles. The van der Waals surface area contributed by atoms with Crippen LogP contribution in [0.5, 0.6) is 0 Å². The molecular weight excluding hydrogens is 252 g/mol. The number of rotatable bonds is 2. The van der Waals surface area contributed by atoms with E-state index in [-0.39, 0.29) is 5.91 Å². The Kier molecular flexibility index (Phi) is 2.95. The zero-order chi connectivity index (χ0) is 14.1. The van der Waals surface area contributed by atoms with Gasteiger partial charge in [0.05, 0.1) is 5.69 Å². The van der Waals surface area contributed by atoms with Gasteiger partial charge < -0.3 is 5.32 Å². The summed E-state index contributed by atoms with van der Waals surface area (Å²) in [4.78, 5) is 20.9. The van der Waals surface area contributed by atoms with Gasteiger partial charge in [0.25, 0.3) is 5.91 Å². The van der Waals surface area contributed by atoms with Crippen molar-refractivity contribution in [1.82, 2.24) is 14.4 Å². The second-order valence-electron chi connectivity index (χ2n) is 4.65. The molecule has 100 valence electrons. The van der Waals surface area contributed by atoms with Crippen LogP contribution >= 0.6 is 0 Å². The molecule has 0 atom stereocenters. The summed E-state index contributed by atoms with van der Waals surface area (Å²) in [6.45, 7) is 3.78. The smallest absolute Gasteiger partial charge is 0.275 e. The molecule has 0 saturated heterocycles. The molecule has 0 spiro atoms. The van der Waals surface area contributed by atoms with Crippen LogP contribution in [0.4, 0.5) is 5.82 Å². The lowest BCUT2D eigenvalue weighted by molar-refractivity contribution is 0.102. The van der Waals surface area contributed by atoms with Crippen LogP contribution in [0.1, 0.15) is 21.7 Å². The van der Waals surface area contributed by atoms with E-state index in [1.165, 1.54) is 0 Å². The average molecular weight is 266 g/mol. The summed E-state index contributed by atoms with van der Waals surface area (Å²) in [6.07, 6.45) is 3.55. The number of aromatic nitrogens is 3. The number of fused-ring (bicyclic) bond motifs is 1. The molecule has 5 nitrogen and oxygen atoms in total. The van der Waals surface area contributed by atoms with Gasteiger partial charge in [-0.05, 0) is 37.6 Å². The molecule has 3 heterocycles. The van der Waals surface area contributed by atoms with Crippen molar-refractivity contribution in [3.05, 3.63) is 59.7 Å². The molecule has 3 aromatic rings. The molecule has 5 heteroatoms. The maximum absolute atomic E-state index is 12.4. The van der Waals surface area contributed by atoms with Crippen molar-refractivity contribution in [2.75, 3.05) is 5.32 Å². The van der Waals surface area contributed by atoms with Gasteiger partial charge in [0.1, 0.15) is 17.2 Å². The molecule has 1 N–H and O–H groups in total. The summed E-state index contributed by atoms with van der Waals surface area (Å²) < 4.78 is 1.78. The first-order valence-corrected chi connectivity index (χ1v) is 6.33. The van der Waals surface area contributed by atoms with Gasteiger partial charge in [-0.15, -0.1) is 0 Å². The second-order valence-corrected chi connectivity index (χ2v) is 4.65.